The minimum atomic E-state index is 0.286. The Bertz CT molecular complexity index is 292. The summed E-state index contributed by atoms with van der Waals surface area (Å²) in [7, 11) is 0. The van der Waals surface area contributed by atoms with Crippen LogP contribution >= 0.6 is 0 Å². The largest absolute Gasteiger partial charge is 0.377 e. The normalized spacial score (nSPS) is 33.6. The van der Waals surface area contributed by atoms with E-state index < -0.39 is 0 Å². The Morgan fingerprint density at radius 3 is 3.00 bits per heavy atom. The number of hydrogen-bond acceptors (Lipinski definition) is 3. The molecule has 0 spiro atoms. The van der Waals surface area contributed by atoms with Crippen molar-refractivity contribution in [2.45, 2.75) is 58.5 Å². The number of likely N-dealkylation sites (tertiary alicyclic amines) is 1. The van der Waals surface area contributed by atoms with Crippen LogP contribution in [0.5, 0.6) is 0 Å². The molecule has 3 nitrogen and oxygen atoms in total. The van der Waals surface area contributed by atoms with Crippen LogP contribution in [-0.4, -0.2) is 43.0 Å². The maximum atomic E-state index is 12.0. The molecule has 0 aromatic heterocycles. The van der Waals surface area contributed by atoms with Gasteiger partial charge in [-0.3, -0.25) is 4.79 Å². The molecule has 1 saturated carbocycles. The SMILES string of the molecule is CCCOC1CCCN(CC2CC(C)CCC2=O)C1. The van der Waals surface area contributed by atoms with Gasteiger partial charge < -0.3 is 9.64 Å². The van der Waals surface area contributed by atoms with Crippen molar-refractivity contribution in [3.63, 3.8) is 0 Å². The average Bonchev–Trinajstić information content (AvgIpc) is 2.41. The van der Waals surface area contributed by atoms with Crippen molar-refractivity contribution >= 4 is 5.78 Å². The molecule has 0 aromatic carbocycles. The van der Waals surface area contributed by atoms with Crippen molar-refractivity contribution in [3.05, 3.63) is 0 Å². The fourth-order valence-corrected chi connectivity index (χ4v) is 3.42. The lowest BCUT2D eigenvalue weighted by atomic mass is 9.81. The van der Waals surface area contributed by atoms with Gasteiger partial charge in [-0.1, -0.05) is 13.8 Å². The van der Waals surface area contributed by atoms with E-state index in [4.69, 9.17) is 4.74 Å². The fraction of sp³-hybridized carbons (Fsp3) is 0.938. The lowest BCUT2D eigenvalue weighted by Crippen LogP contribution is -2.44. The van der Waals surface area contributed by atoms with Crippen molar-refractivity contribution in [1.82, 2.24) is 4.90 Å². The number of ether oxygens (including phenoxy) is 1. The molecule has 2 rings (SSSR count). The van der Waals surface area contributed by atoms with E-state index >= 15 is 0 Å². The van der Waals surface area contributed by atoms with E-state index in [0.717, 1.165) is 57.8 Å². The summed E-state index contributed by atoms with van der Waals surface area (Å²) in [6, 6.07) is 0. The summed E-state index contributed by atoms with van der Waals surface area (Å²) in [5, 5.41) is 0. The van der Waals surface area contributed by atoms with Gasteiger partial charge in [0.05, 0.1) is 6.10 Å². The predicted molar refractivity (Wildman–Crippen MR) is 77.2 cm³/mol. The zero-order chi connectivity index (χ0) is 13.7. The first-order valence-electron chi connectivity index (χ1n) is 8.05. The maximum Gasteiger partial charge on any atom is 0.137 e. The first-order chi connectivity index (χ1) is 9.19. The molecule has 1 aliphatic carbocycles. The molecule has 0 N–H and O–H groups in total. The second-order valence-corrected chi connectivity index (χ2v) is 6.44. The second kappa shape index (κ2) is 7.39. The monoisotopic (exact) mass is 267 g/mol. The Morgan fingerprint density at radius 1 is 1.37 bits per heavy atom. The third-order valence-electron chi connectivity index (χ3n) is 4.52. The summed E-state index contributed by atoms with van der Waals surface area (Å²) < 4.78 is 5.87. The zero-order valence-corrected chi connectivity index (χ0v) is 12.6. The van der Waals surface area contributed by atoms with Crippen LogP contribution in [-0.2, 0) is 9.53 Å². The van der Waals surface area contributed by atoms with Crippen LogP contribution in [0.2, 0.25) is 0 Å². The zero-order valence-electron chi connectivity index (χ0n) is 12.6. The highest BCUT2D eigenvalue weighted by Crippen LogP contribution is 2.27. The molecule has 0 aromatic rings. The van der Waals surface area contributed by atoms with E-state index in [-0.39, 0.29) is 5.92 Å². The molecular formula is C16H29NO2. The molecule has 2 aliphatic rings. The summed E-state index contributed by atoms with van der Waals surface area (Å²) >= 11 is 0. The van der Waals surface area contributed by atoms with E-state index in [0.29, 0.717) is 11.9 Å². The summed E-state index contributed by atoms with van der Waals surface area (Å²) in [5.41, 5.74) is 0. The molecule has 1 heterocycles. The second-order valence-electron chi connectivity index (χ2n) is 6.44. The molecule has 0 bridgehead atoms. The van der Waals surface area contributed by atoms with Crippen LogP contribution in [0.1, 0.15) is 52.4 Å². The Morgan fingerprint density at radius 2 is 2.21 bits per heavy atom. The molecular weight excluding hydrogens is 238 g/mol. The number of hydrogen-bond donors (Lipinski definition) is 0. The van der Waals surface area contributed by atoms with Gasteiger partial charge >= 0.3 is 0 Å². The third kappa shape index (κ3) is 4.57. The van der Waals surface area contributed by atoms with Crippen molar-refractivity contribution in [3.8, 4) is 0 Å². The van der Waals surface area contributed by atoms with Crippen LogP contribution < -0.4 is 0 Å². The summed E-state index contributed by atoms with van der Waals surface area (Å²) in [6.45, 7) is 8.45. The summed E-state index contributed by atoms with van der Waals surface area (Å²) in [5.74, 6) is 1.50. The lowest BCUT2D eigenvalue weighted by molar-refractivity contribution is -0.126. The lowest BCUT2D eigenvalue weighted by Gasteiger charge is -2.36. The minimum Gasteiger partial charge on any atom is -0.377 e. The highest BCUT2D eigenvalue weighted by atomic mass is 16.5. The van der Waals surface area contributed by atoms with Crippen LogP contribution in [0.3, 0.4) is 0 Å². The summed E-state index contributed by atoms with van der Waals surface area (Å²) in [4.78, 5) is 14.5. The van der Waals surface area contributed by atoms with Crippen molar-refractivity contribution < 1.29 is 9.53 Å². The number of ketones is 1. The Kier molecular flexibility index (Phi) is 5.83. The molecule has 3 unspecified atom stereocenters. The van der Waals surface area contributed by atoms with Gasteiger partial charge in [-0.25, -0.2) is 0 Å². The number of Topliss-reactive ketones (excluding diaryl/α,β-unsaturated/α-hetero) is 1. The van der Waals surface area contributed by atoms with E-state index in [9.17, 15) is 4.79 Å². The van der Waals surface area contributed by atoms with E-state index in [1.807, 2.05) is 0 Å². The Hall–Kier alpha value is -0.410. The van der Waals surface area contributed by atoms with E-state index in [1.54, 1.807) is 0 Å². The fourth-order valence-electron chi connectivity index (χ4n) is 3.42. The number of nitrogens with zero attached hydrogens (tertiary/aromatic N) is 1. The highest BCUT2D eigenvalue weighted by Gasteiger charge is 2.30. The Labute approximate surface area is 117 Å². The van der Waals surface area contributed by atoms with Crippen LogP contribution in [0.4, 0.5) is 0 Å². The third-order valence-corrected chi connectivity index (χ3v) is 4.52. The number of piperidine rings is 1. The van der Waals surface area contributed by atoms with Gasteiger partial charge in [0.1, 0.15) is 5.78 Å². The summed E-state index contributed by atoms with van der Waals surface area (Å²) in [6.07, 6.45) is 6.87. The van der Waals surface area contributed by atoms with E-state index in [2.05, 4.69) is 18.7 Å². The molecule has 1 saturated heterocycles. The van der Waals surface area contributed by atoms with Gasteiger partial charge in [-0.15, -0.1) is 0 Å². The standard InChI is InChI=1S/C16H29NO2/c1-3-9-19-15-5-4-8-17(12-15)11-14-10-13(2)6-7-16(14)18/h13-15H,3-12H2,1-2H3. The van der Waals surface area contributed by atoms with Crippen molar-refractivity contribution in [2.24, 2.45) is 11.8 Å². The predicted octanol–water partition coefficient (Wildman–Crippen LogP) is 2.88. The van der Waals surface area contributed by atoms with Gasteiger partial charge in [0.15, 0.2) is 0 Å². The topological polar surface area (TPSA) is 29.5 Å². The quantitative estimate of drug-likeness (QED) is 0.767. The molecule has 19 heavy (non-hydrogen) atoms. The molecule has 1 aliphatic heterocycles. The van der Waals surface area contributed by atoms with E-state index in [1.165, 1.54) is 12.8 Å². The molecule has 0 radical (unpaired) electrons. The number of rotatable bonds is 5. The van der Waals surface area contributed by atoms with Gasteiger partial charge in [-0.05, 0) is 44.6 Å². The molecule has 0 amide bonds. The molecule has 110 valence electrons. The van der Waals surface area contributed by atoms with Crippen molar-refractivity contribution in [1.29, 1.82) is 0 Å². The van der Waals surface area contributed by atoms with Crippen molar-refractivity contribution in [2.75, 3.05) is 26.2 Å². The first kappa shape index (κ1) is 15.0. The average molecular weight is 267 g/mol. The Balaban J connectivity index is 1.79. The highest BCUT2D eigenvalue weighted by molar-refractivity contribution is 5.81. The maximum absolute atomic E-state index is 12.0. The van der Waals surface area contributed by atoms with Crippen LogP contribution in [0.15, 0.2) is 0 Å². The van der Waals surface area contributed by atoms with Gasteiger partial charge in [0.2, 0.25) is 0 Å². The minimum absolute atomic E-state index is 0.286. The van der Waals surface area contributed by atoms with Gasteiger partial charge in [0.25, 0.3) is 0 Å². The number of carbonyl (C=O) groups excluding carboxylic acids is 1. The number of carbonyl (C=O) groups is 1. The molecule has 3 atom stereocenters. The van der Waals surface area contributed by atoms with Gasteiger partial charge in [0, 0.05) is 32.0 Å². The smallest absolute Gasteiger partial charge is 0.137 e. The van der Waals surface area contributed by atoms with Gasteiger partial charge in [-0.2, -0.15) is 0 Å². The van der Waals surface area contributed by atoms with Crippen LogP contribution in [0, 0.1) is 11.8 Å². The molecule has 2 fully saturated rings. The van der Waals surface area contributed by atoms with Crippen LogP contribution in [0.25, 0.3) is 0 Å². The molecule has 3 heteroatoms. The first-order valence-corrected chi connectivity index (χ1v) is 8.05.